The van der Waals surface area contributed by atoms with Crippen molar-refractivity contribution < 1.29 is 36.6 Å². The van der Waals surface area contributed by atoms with E-state index in [1.54, 1.807) is 42.5 Å². The standard InChI is InChI=1S/C28H26F4N2O4/c1-26(29)21-15-24-17(13-22(21)27(26,37-3)28(30,31)32)10-11-20(38-19-8-6-7-18(14-19)36-2)16-34(24)25(35)23-9-4-5-12-33-23/h4-9,12-15,20H,10-11,16H2,1-3H3/t20-,26?,27?/m0/s1. The number of nitrogens with zero attached hydrogens (tertiary/aromatic N) is 2. The number of carbonyl (C=O) groups excluding carboxylic acids is 1. The highest BCUT2D eigenvalue weighted by atomic mass is 19.4. The van der Waals surface area contributed by atoms with Crippen molar-refractivity contribution in [3.8, 4) is 11.5 Å². The first-order valence-electron chi connectivity index (χ1n) is 12.1. The van der Waals surface area contributed by atoms with Crippen molar-refractivity contribution in [3.05, 3.63) is 83.2 Å². The van der Waals surface area contributed by atoms with Gasteiger partial charge in [-0.3, -0.25) is 9.78 Å². The molecule has 10 heteroatoms. The monoisotopic (exact) mass is 530 g/mol. The van der Waals surface area contributed by atoms with Gasteiger partial charge in [0.05, 0.1) is 13.7 Å². The molecule has 200 valence electrons. The van der Waals surface area contributed by atoms with Gasteiger partial charge in [-0.1, -0.05) is 12.1 Å². The van der Waals surface area contributed by atoms with Crippen molar-refractivity contribution in [2.75, 3.05) is 25.7 Å². The Morgan fingerprint density at radius 1 is 1.05 bits per heavy atom. The van der Waals surface area contributed by atoms with E-state index in [1.807, 2.05) is 0 Å². The van der Waals surface area contributed by atoms with E-state index < -0.39 is 29.5 Å². The van der Waals surface area contributed by atoms with Crippen LogP contribution in [-0.2, 0) is 22.4 Å². The molecule has 2 heterocycles. The highest BCUT2D eigenvalue weighted by molar-refractivity contribution is 6.05. The van der Waals surface area contributed by atoms with Crippen LogP contribution in [0.25, 0.3) is 0 Å². The highest BCUT2D eigenvalue weighted by Crippen LogP contribution is 2.65. The number of fused-ring (bicyclic) bond motifs is 2. The van der Waals surface area contributed by atoms with Crippen LogP contribution in [0, 0.1) is 0 Å². The molecule has 1 aliphatic heterocycles. The largest absolute Gasteiger partial charge is 0.497 e. The van der Waals surface area contributed by atoms with E-state index in [1.165, 1.54) is 30.3 Å². The lowest BCUT2D eigenvalue weighted by Gasteiger charge is -2.53. The summed E-state index contributed by atoms with van der Waals surface area (Å²) in [4.78, 5) is 19.2. The molecular formula is C28H26F4N2O4. The molecule has 1 aromatic heterocycles. The first kappa shape index (κ1) is 26.0. The number of hydrogen-bond acceptors (Lipinski definition) is 5. The predicted octanol–water partition coefficient (Wildman–Crippen LogP) is 5.73. The van der Waals surface area contributed by atoms with E-state index in [2.05, 4.69) is 4.98 Å². The third kappa shape index (κ3) is 3.89. The second-order valence-corrected chi connectivity index (χ2v) is 9.50. The number of alkyl halides is 4. The molecule has 0 saturated carbocycles. The molecule has 0 spiro atoms. The molecule has 1 aliphatic carbocycles. The molecule has 0 fully saturated rings. The third-order valence-electron chi connectivity index (χ3n) is 7.36. The Balaban J connectivity index is 1.59. The van der Waals surface area contributed by atoms with E-state index in [0.29, 0.717) is 35.6 Å². The van der Waals surface area contributed by atoms with Gasteiger partial charge in [0.15, 0.2) is 5.67 Å². The number of ether oxygens (including phenoxy) is 3. The molecule has 1 amide bonds. The Bertz CT molecular complexity index is 1360. The molecule has 0 saturated heterocycles. The van der Waals surface area contributed by atoms with Gasteiger partial charge in [-0.05, 0) is 61.7 Å². The maximum Gasteiger partial charge on any atom is 0.425 e. The number of benzene rings is 2. The fourth-order valence-electron chi connectivity index (χ4n) is 5.47. The van der Waals surface area contributed by atoms with Crippen LogP contribution in [0.3, 0.4) is 0 Å². The van der Waals surface area contributed by atoms with Crippen LogP contribution in [-0.4, -0.2) is 43.9 Å². The van der Waals surface area contributed by atoms with Gasteiger partial charge in [-0.15, -0.1) is 0 Å². The minimum atomic E-state index is -4.99. The zero-order valence-electron chi connectivity index (χ0n) is 21.0. The van der Waals surface area contributed by atoms with Gasteiger partial charge in [-0.25, -0.2) is 4.39 Å². The Kier molecular flexibility index (Phi) is 6.33. The van der Waals surface area contributed by atoms with Crippen LogP contribution in [0.1, 0.15) is 40.5 Å². The van der Waals surface area contributed by atoms with Crippen LogP contribution in [0.15, 0.2) is 60.8 Å². The van der Waals surface area contributed by atoms with Crippen LogP contribution in [0.2, 0.25) is 0 Å². The zero-order chi connectivity index (χ0) is 27.3. The summed E-state index contributed by atoms with van der Waals surface area (Å²) < 4.78 is 74.6. The van der Waals surface area contributed by atoms with Crippen molar-refractivity contribution in [2.45, 2.75) is 43.3 Å². The van der Waals surface area contributed by atoms with Crippen LogP contribution < -0.4 is 14.4 Å². The highest BCUT2D eigenvalue weighted by Gasteiger charge is 2.76. The molecule has 6 nitrogen and oxygen atoms in total. The second kappa shape index (κ2) is 9.27. The number of halogens is 4. The lowest BCUT2D eigenvalue weighted by Crippen LogP contribution is -2.64. The summed E-state index contributed by atoms with van der Waals surface area (Å²) in [6.45, 7) is 0.936. The van der Waals surface area contributed by atoms with Gasteiger partial charge in [-0.2, -0.15) is 13.2 Å². The SMILES string of the molecule is COc1cccc(O[C@H]2CCc3cc4c(cc3N(C(=O)c3ccccn3)C2)C(C)(F)C4(OC)C(F)(F)F)c1. The number of aromatic nitrogens is 1. The van der Waals surface area contributed by atoms with Crippen molar-refractivity contribution in [3.63, 3.8) is 0 Å². The van der Waals surface area contributed by atoms with E-state index in [4.69, 9.17) is 14.2 Å². The number of pyridine rings is 1. The fourth-order valence-corrected chi connectivity index (χ4v) is 5.47. The van der Waals surface area contributed by atoms with E-state index in [9.17, 15) is 18.0 Å². The summed E-state index contributed by atoms with van der Waals surface area (Å²) in [5.74, 6) is 0.635. The Hall–Kier alpha value is -3.66. The van der Waals surface area contributed by atoms with E-state index >= 15 is 4.39 Å². The Labute approximate surface area is 217 Å². The minimum Gasteiger partial charge on any atom is -0.497 e. The van der Waals surface area contributed by atoms with E-state index in [0.717, 1.165) is 14.0 Å². The van der Waals surface area contributed by atoms with Crippen LogP contribution in [0.4, 0.5) is 23.2 Å². The maximum atomic E-state index is 15.8. The summed E-state index contributed by atoms with van der Waals surface area (Å²) in [6.07, 6.45) is -3.33. The lowest BCUT2D eigenvalue weighted by atomic mass is 9.61. The van der Waals surface area contributed by atoms with Gasteiger partial charge < -0.3 is 19.1 Å². The van der Waals surface area contributed by atoms with E-state index in [-0.39, 0.29) is 23.4 Å². The van der Waals surface area contributed by atoms with Crippen molar-refractivity contribution in [1.82, 2.24) is 4.98 Å². The topological polar surface area (TPSA) is 60.9 Å². The average molecular weight is 531 g/mol. The minimum absolute atomic E-state index is 0.0795. The number of aryl methyl sites for hydroxylation is 1. The molecular weight excluding hydrogens is 504 g/mol. The summed E-state index contributed by atoms with van der Waals surface area (Å²) >= 11 is 0. The molecule has 2 aliphatic rings. The number of carbonyl (C=O) groups is 1. The molecule has 3 aromatic rings. The Morgan fingerprint density at radius 3 is 2.47 bits per heavy atom. The molecule has 5 rings (SSSR count). The zero-order valence-corrected chi connectivity index (χ0v) is 21.0. The maximum absolute atomic E-state index is 15.8. The summed E-state index contributed by atoms with van der Waals surface area (Å²) in [6, 6.07) is 14.5. The number of methoxy groups -OCH3 is 2. The molecule has 2 unspecified atom stereocenters. The summed E-state index contributed by atoms with van der Waals surface area (Å²) in [5, 5.41) is 0. The van der Waals surface area contributed by atoms with Crippen molar-refractivity contribution in [2.24, 2.45) is 0 Å². The molecule has 0 radical (unpaired) electrons. The number of amides is 1. The number of rotatable bonds is 5. The molecule has 2 aromatic carbocycles. The van der Waals surface area contributed by atoms with Crippen LogP contribution in [0.5, 0.6) is 11.5 Å². The predicted molar refractivity (Wildman–Crippen MR) is 131 cm³/mol. The van der Waals surface area contributed by atoms with Crippen molar-refractivity contribution in [1.29, 1.82) is 0 Å². The summed E-state index contributed by atoms with van der Waals surface area (Å²) in [7, 11) is 2.39. The van der Waals surface area contributed by atoms with Gasteiger partial charge in [0.2, 0.25) is 5.60 Å². The molecule has 3 atom stereocenters. The molecule has 38 heavy (non-hydrogen) atoms. The molecule has 0 N–H and O–H groups in total. The normalized spacial score (nSPS) is 24.5. The van der Waals surface area contributed by atoms with Gasteiger partial charge in [0.1, 0.15) is 23.3 Å². The van der Waals surface area contributed by atoms with Gasteiger partial charge in [0, 0.05) is 36.2 Å². The van der Waals surface area contributed by atoms with Crippen LogP contribution >= 0.6 is 0 Å². The quantitative estimate of drug-likeness (QED) is 0.394. The smallest absolute Gasteiger partial charge is 0.425 e. The summed E-state index contributed by atoms with van der Waals surface area (Å²) in [5.41, 5.74) is -5.46. The number of hydrogen-bond donors (Lipinski definition) is 0. The first-order valence-corrected chi connectivity index (χ1v) is 12.1. The first-order chi connectivity index (χ1) is 18.0. The fraction of sp³-hybridized carbons (Fsp3) is 0.357. The lowest BCUT2D eigenvalue weighted by molar-refractivity contribution is -0.337. The van der Waals surface area contributed by atoms with Crippen molar-refractivity contribution >= 4 is 11.6 Å². The third-order valence-corrected chi connectivity index (χ3v) is 7.36. The second-order valence-electron chi connectivity index (χ2n) is 9.50. The molecule has 0 bridgehead atoms. The number of anilines is 1. The average Bonchev–Trinajstić information content (AvgIpc) is 3.07. The van der Waals surface area contributed by atoms with Gasteiger partial charge >= 0.3 is 6.18 Å². The van der Waals surface area contributed by atoms with Gasteiger partial charge in [0.25, 0.3) is 5.91 Å². The Morgan fingerprint density at radius 2 is 1.82 bits per heavy atom.